The molecule has 1 aromatic carbocycles. The largest absolute Gasteiger partial charge is 0.359 e. The SMILES string of the molecule is O=c1c(=O)n(C2CCCC2)ccn1Cc1cc(-c2ccc(F)cc2)no1. The number of rotatable bonds is 4. The van der Waals surface area contributed by atoms with Crippen LogP contribution in [0.2, 0.25) is 0 Å². The van der Waals surface area contributed by atoms with Crippen LogP contribution >= 0.6 is 0 Å². The number of hydrogen-bond donors (Lipinski definition) is 0. The normalized spacial score (nSPS) is 14.8. The van der Waals surface area contributed by atoms with Gasteiger partial charge >= 0.3 is 11.1 Å². The summed E-state index contributed by atoms with van der Waals surface area (Å²) in [6.45, 7) is 0.119. The number of hydrogen-bond acceptors (Lipinski definition) is 4. The molecule has 0 aliphatic heterocycles. The predicted molar refractivity (Wildman–Crippen MR) is 93.5 cm³/mol. The molecule has 26 heavy (non-hydrogen) atoms. The molecule has 1 fully saturated rings. The van der Waals surface area contributed by atoms with Gasteiger partial charge in [0.1, 0.15) is 11.5 Å². The Morgan fingerprint density at radius 2 is 1.81 bits per heavy atom. The van der Waals surface area contributed by atoms with Crippen LogP contribution in [-0.2, 0) is 6.54 Å². The quantitative estimate of drug-likeness (QED) is 0.675. The monoisotopic (exact) mass is 355 g/mol. The lowest BCUT2D eigenvalue weighted by atomic mass is 10.1. The lowest BCUT2D eigenvalue weighted by molar-refractivity contribution is 0.375. The molecule has 0 atom stereocenters. The maximum absolute atomic E-state index is 13.0. The van der Waals surface area contributed by atoms with Crippen molar-refractivity contribution in [3.63, 3.8) is 0 Å². The first kappa shape index (κ1) is 16.5. The summed E-state index contributed by atoms with van der Waals surface area (Å²) in [4.78, 5) is 24.8. The summed E-state index contributed by atoms with van der Waals surface area (Å²) < 4.78 is 21.1. The molecule has 2 heterocycles. The van der Waals surface area contributed by atoms with Crippen molar-refractivity contribution in [2.75, 3.05) is 0 Å². The second kappa shape index (κ2) is 6.74. The van der Waals surface area contributed by atoms with E-state index in [-0.39, 0.29) is 18.4 Å². The fourth-order valence-electron chi connectivity index (χ4n) is 3.43. The van der Waals surface area contributed by atoms with Gasteiger partial charge in [0.05, 0.1) is 6.54 Å². The van der Waals surface area contributed by atoms with Crippen LogP contribution < -0.4 is 11.1 Å². The summed E-state index contributed by atoms with van der Waals surface area (Å²) in [5.74, 6) is 0.122. The van der Waals surface area contributed by atoms with Gasteiger partial charge in [-0.05, 0) is 37.1 Å². The molecule has 0 N–H and O–H groups in total. The molecule has 0 saturated heterocycles. The number of halogens is 1. The average Bonchev–Trinajstić information content (AvgIpc) is 3.32. The van der Waals surface area contributed by atoms with Crippen molar-refractivity contribution in [1.29, 1.82) is 0 Å². The molecule has 0 radical (unpaired) electrons. The third-order valence-electron chi connectivity index (χ3n) is 4.83. The van der Waals surface area contributed by atoms with Gasteiger partial charge in [-0.25, -0.2) is 4.39 Å². The van der Waals surface area contributed by atoms with E-state index in [1.807, 2.05) is 0 Å². The van der Waals surface area contributed by atoms with Crippen LogP contribution in [0.5, 0.6) is 0 Å². The fraction of sp³-hybridized carbons (Fsp3) is 0.316. The molecule has 0 bridgehead atoms. The fourth-order valence-corrected chi connectivity index (χ4v) is 3.43. The van der Waals surface area contributed by atoms with Crippen LogP contribution in [0.25, 0.3) is 11.3 Å². The van der Waals surface area contributed by atoms with Crippen molar-refractivity contribution >= 4 is 0 Å². The van der Waals surface area contributed by atoms with E-state index in [0.29, 0.717) is 17.0 Å². The van der Waals surface area contributed by atoms with Gasteiger partial charge in [0.15, 0.2) is 5.76 Å². The summed E-state index contributed by atoms with van der Waals surface area (Å²) >= 11 is 0. The number of nitrogens with zero attached hydrogens (tertiary/aromatic N) is 3. The Morgan fingerprint density at radius 3 is 2.54 bits per heavy atom. The topological polar surface area (TPSA) is 70.0 Å². The molecule has 0 unspecified atom stereocenters. The minimum absolute atomic E-state index is 0.119. The van der Waals surface area contributed by atoms with Crippen molar-refractivity contribution in [2.45, 2.75) is 38.3 Å². The Bertz CT molecular complexity index is 1030. The molecule has 1 aliphatic carbocycles. The van der Waals surface area contributed by atoms with Crippen LogP contribution in [0.3, 0.4) is 0 Å². The van der Waals surface area contributed by atoms with Crippen molar-refractivity contribution in [3.05, 3.63) is 75.0 Å². The van der Waals surface area contributed by atoms with Crippen LogP contribution in [0.1, 0.15) is 37.5 Å². The first-order valence-corrected chi connectivity index (χ1v) is 8.65. The van der Waals surface area contributed by atoms with Crippen LogP contribution in [0.4, 0.5) is 4.39 Å². The lowest BCUT2D eigenvalue weighted by Gasteiger charge is -2.13. The molecule has 4 rings (SSSR count). The second-order valence-electron chi connectivity index (χ2n) is 6.57. The minimum Gasteiger partial charge on any atom is -0.359 e. The third kappa shape index (κ3) is 3.12. The molecule has 6 nitrogen and oxygen atoms in total. The van der Waals surface area contributed by atoms with Gasteiger partial charge in [-0.1, -0.05) is 18.0 Å². The summed E-state index contributed by atoms with van der Waals surface area (Å²) in [7, 11) is 0. The molecule has 0 amide bonds. The molecule has 3 aromatic rings. The van der Waals surface area contributed by atoms with Crippen molar-refractivity contribution in [1.82, 2.24) is 14.3 Å². The molecular weight excluding hydrogens is 337 g/mol. The molecule has 1 saturated carbocycles. The summed E-state index contributed by atoms with van der Waals surface area (Å²) in [5.41, 5.74) is 0.189. The molecular formula is C19H18FN3O3. The highest BCUT2D eigenvalue weighted by Gasteiger charge is 2.19. The van der Waals surface area contributed by atoms with Gasteiger partial charge in [-0.3, -0.25) is 9.59 Å². The Morgan fingerprint density at radius 1 is 1.08 bits per heavy atom. The highest BCUT2D eigenvalue weighted by Crippen LogP contribution is 2.27. The molecule has 7 heteroatoms. The van der Waals surface area contributed by atoms with Crippen LogP contribution in [0, 0.1) is 5.82 Å². The molecule has 1 aliphatic rings. The van der Waals surface area contributed by atoms with E-state index in [2.05, 4.69) is 5.16 Å². The Labute approximate surface area is 148 Å². The van der Waals surface area contributed by atoms with Gasteiger partial charge in [0.25, 0.3) is 0 Å². The zero-order valence-electron chi connectivity index (χ0n) is 14.1. The standard InChI is InChI=1S/C19H18FN3O3/c20-14-7-5-13(6-8-14)17-11-16(26-21-17)12-22-9-10-23(19(25)18(22)24)15-3-1-2-4-15/h5-11,15H,1-4,12H2. The maximum Gasteiger partial charge on any atom is 0.316 e. The Hall–Kier alpha value is -2.96. The van der Waals surface area contributed by atoms with E-state index < -0.39 is 11.1 Å². The number of benzene rings is 1. The van der Waals surface area contributed by atoms with E-state index in [0.717, 1.165) is 25.7 Å². The second-order valence-corrected chi connectivity index (χ2v) is 6.57. The van der Waals surface area contributed by atoms with E-state index in [1.165, 1.54) is 16.7 Å². The highest BCUT2D eigenvalue weighted by atomic mass is 19.1. The first-order chi connectivity index (χ1) is 12.6. The van der Waals surface area contributed by atoms with Gasteiger partial charge in [0, 0.05) is 30.1 Å². The van der Waals surface area contributed by atoms with E-state index in [1.54, 1.807) is 35.2 Å². The molecule has 134 valence electrons. The van der Waals surface area contributed by atoms with Crippen molar-refractivity contribution in [2.24, 2.45) is 0 Å². The van der Waals surface area contributed by atoms with Crippen LogP contribution in [-0.4, -0.2) is 14.3 Å². The van der Waals surface area contributed by atoms with Gasteiger partial charge in [-0.2, -0.15) is 0 Å². The van der Waals surface area contributed by atoms with E-state index in [4.69, 9.17) is 4.52 Å². The van der Waals surface area contributed by atoms with Gasteiger partial charge < -0.3 is 13.7 Å². The zero-order valence-corrected chi connectivity index (χ0v) is 14.1. The predicted octanol–water partition coefficient (Wildman–Crippen LogP) is 2.97. The highest BCUT2D eigenvalue weighted by molar-refractivity contribution is 5.58. The summed E-state index contributed by atoms with van der Waals surface area (Å²) in [5, 5.41) is 3.95. The maximum atomic E-state index is 13.0. The molecule has 0 spiro atoms. The minimum atomic E-state index is -0.570. The molecule has 2 aromatic heterocycles. The van der Waals surface area contributed by atoms with E-state index in [9.17, 15) is 14.0 Å². The first-order valence-electron chi connectivity index (χ1n) is 8.65. The zero-order chi connectivity index (χ0) is 18.1. The van der Waals surface area contributed by atoms with E-state index >= 15 is 0 Å². The van der Waals surface area contributed by atoms with Gasteiger partial charge in [0.2, 0.25) is 0 Å². The lowest BCUT2D eigenvalue weighted by Crippen LogP contribution is -2.41. The summed E-state index contributed by atoms with van der Waals surface area (Å²) in [6.07, 6.45) is 7.34. The summed E-state index contributed by atoms with van der Waals surface area (Å²) in [6, 6.07) is 7.70. The smallest absolute Gasteiger partial charge is 0.316 e. The Kier molecular flexibility index (Phi) is 4.28. The third-order valence-corrected chi connectivity index (χ3v) is 4.83. The van der Waals surface area contributed by atoms with Crippen molar-refractivity contribution < 1.29 is 8.91 Å². The average molecular weight is 355 g/mol. The van der Waals surface area contributed by atoms with Crippen molar-refractivity contribution in [3.8, 4) is 11.3 Å². The number of aromatic nitrogens is 3. The van der Waals surface area contributed by atoms with Gasteiger partial charge in [-0.15, -0.1) is 0 Å². The Balaban J connectivity index is 1.58. The van der Waals surface area contributed by atoms with Crippen LogP contribution in [0.15, 0.2) is 56.8 Å².